The standard InChI is InChI=1S/C30H23N3.2C18H11Br2N.C13H8Br2.C6H5I.C6H7N.HI.H2/c1-4-10-22(11-5-1)31-24-16-18-29-27(20-24)28-21-25(32-23-12-6-2-7-13-23)17-19-30(28)33(29)26-14-8-3-9-15-26;2*19-12-6-8-17-15(10-12)16-11-13(20)7-9-18(16)21(17)14-4-2-1-3-5-14;14-10-3-1-8-5-9-2-4-11(15)7-13(9)12(8)6-10;2*7-6-4-2-1-3-5-6;;/h1-21,31-32H;2*1-11H;1-4,6-7H,5H2;1-5H;1-5H,7H2;2*1H. The minimum atomic E-state index is 0. The first-order valence-electron chi connectivity index (χ1n) is 33.6. The van der Waals surface area contributed by atoms with Crippen LogP contribution in [-0.4, -0.2) is 13.7 Å². The summed E-state index contributed by atoms with van der Waals surface area (Å²) in [6.45, 7) is 0. The molecule has 4 N–H and O–H groups in total. The molecule has 0 aliphatic heterocycles. The van der Waals surface area contributed by atoms with Crippen molar-refractivity contribution in [3.8, 4) is 28.2 Å². The molecule has 0 unspecified atom stereocenters. The van der Waals surface area contributed by atoms with Crippen LogP contribution >= 0.6 is 142 Å². The first-order valence-corrected chi connectivity index (χ1v) is 39.4. The zero-order valence-corrected chi connectivity index (χ0v) is 70.2. The lowest BCUT2D eigenvalue weighted by Crippen LogP contribution is -1.94. The topological polar surface area (TPSA) is 64.9 Å². The molecule has 518 valence electrons. The molecule has 105 heavy (non-hydrogen) atoms. The van der Waals surface area contributed by atoms with Gasteiger partial charge in [0.2, 0.25) is 0 Å². The third-order valence-electron chi connectivity index (χ3n) is 17.7. The van der Waals surface area contributed by atoms with Gasteiger partial charge in [-0.15, -0.1) is 24.0 Å². The Bertz CT molecular complexity index is 5530. The van der Waals surface area contributed by atoms with Gasteiger partial charge in [-0.3, -0.25) is 0 Å². The van der Waals surface area contributed by atoms with E-state index in [1.54, 1.807) is 0 Å². The summed E-state index contributed by atoms with van der Waals surface area (Å²) in [6.07, 6.45) is 1.06. The molecule has 1 aliphatic rings. The van der Waals surface area contributed by atoms with Crippen LogP contribution in [0.3, 0.4) is 0 Å². The fraction of sp³-hybridized carbons (Fsp3) is 0.0110. The first-order chi connectivity index (χ1) is 50.8. The van der Waals surface area contributed by atoms with Crippen molar-refractivity contribution in [2.24, 2.45) is 0 Å². The Kier molecular flexibility index (Phi) is 25.1. The summed E-state index contributed by atoms with van der Waals surface area (Å²) in [5.41, 5.74) is 26.8. The predicted molar refractivity (Wildman–Crippen MR) is 490 cm³/mol. The van der Waals surface area contributed by atoms with Crippen LogP contribution in [0, 0.1) is 3.57 Å². The fourth-order valence-corrected chi connectivity index (χ4v) is 15.6. The van der Waals surface area contributed by atoms with Crippen molar-refractivity contribution < 1.29 is 1.43 Å². The van der Waals surface area contributed by atoms with Crippen molar-refractivity contribution in [3.05, 3.63) is 399 Å². The maximum atomic E-state index is 5.36. The number of para-hydroxylation sites is 6. The highest BCUT2D eigenvalue weighted by atomic mass is 127. The van der Waals surface area contributed by atoms with Gasteiger partial charge in [-0.25, -0.2) is 0 Å². The molecule has 6 nitrogen and oxygen atoms in total. The zero-order valence-electron chi connectivity index (χ0n) is 56.2. The molecule has 0 bridgehead atoms. The van der Waals surface area contributed by atoms with Crippen molar-refractivity contribution in [1.82, 2.24) is 13.7 Å². The summed E-state index contributed by atoms with van der Waals surface area (Å²) < 4.78 is 14.9. The number of aromatic nitrogens is 3. The van der Waals surface area contributed by atoms with E-state index in [4.69, 9.17) is 5.73 Å². The second-order valence-electron chi connectivity index (χ2n) is 24.6. The Hall–Kier alpha value is -8.56. The van der Waals surface area contributed by atoms with E-state index in [1.807, 2.05) is 97.1 Å². The molecule has 14 heteroatoms. The Morgan fingerprint density at radius 1 is 0.267 bits per heavy atom. The lowest BCUT2D eigenvalue weighted by atomic mass is 10.1. The Labute approximate surface area is 693 Å². The number of nitrogen functional groups attached to an aromatic ring is 1. The van der Waals surface area contributed by atoms with Gasteiger partial charge in [-0.05, 0) is 270 Å². The fourth-order valence-electron chi connectivity index (χ4n) is 13.0. The van der Waals surface area contributed by atoms with Crippen LogP contribution in [0.5, 0.6) is 0 Å². The van der Waals surface area contributed by atoms with Crippen LogP contribution in [0.25, 0.3) is 93.6 Å². The van der Waals surface area contributed by atoms with E-state index in [-0.39, 0.29) is 25.4 Å². The van der Waals surface area contributed by atoms with Crippen LogP contribution in [0.4, 0.5) is 28.4 Å². The molecule has 0 spiro atoms. The highest BCUT2D eigenvalue weighted by molar-refractivity contribution is 14.1. The normalized spacial score (nSPS) is 10.9. The van der Waals surface area contributed by atoms with E-state index in [0.29, 0.717) is 0 Å². The van der Waals surface area contributed by atoms with Gasteiger partial charge in [0.15, 0.2) is 0 Å². The number of nitrogens with one attached hydrogen (secondary N) is 2. The minimum absolute atomic E-state index is 0. The lowest BCUT2D eigenvalue weighted by molar-refractivity contribution is 1.18. The van der Waals surface area contributed by atoms with Gasteiger partial charge in [0.05, 0.1) is 33.1 Å². The molecule has 1 aliphatic carbocycles. The average molecular weight is 1980 g/mol. The quantitative estimate of drug-likeness (QED) is 0.110. The molecule has 15 aromatic carbocycles. The van der Waals surface area contributed by atoms with Crippen molar-refractivity contribution in [3.63, 3.8) is 0 Å². The number of anilines is 5. The molecular weight excluding hydrogens is 1910 g/mol. The summed E-state index contributed by atoms with van der Waals surface area (Å²) in [4.78, 5) is 0. The minimum Gasteiger partial charge on any atom is -0.399 e. The molecular formula is C91H68Br6I2N6. The summed E-state index contributed by atoms with van der Waals surface area (Å²) >= 11 is 23.7. The van der Waals surface area contributed by atoms with Gasteiger partial charge in [0, 0.05) is 110 Å². The second-order valence-corrected chi connectivity index (χ2v) is 31.3. The van der Waals surface area contributed by atoms with Gasteiger partial charge >= 0.3 is 0 Å². The first kappa shape index (κ1) is 74.7. The van der Waals surface area contributed by atoms with Crippen LogP contribution in [0.2, 0.25) is 0 Å². The van der Waals surface area contributed by atoms with Gasteiger partial charge in [-0.2, -0.15) is 0 Å². The van der Waals surface area contributed by atoms with Crippen molar-refractivity contribution in [2.45, 2.75) is 6.42 Å². The largest absolute Gasteiger partial charge is 0.399 e. The van der Waals surface area contributed by atoms with E-state index in [0.717, 1.165) is 67.4 Å². The third-order valence-corrected chi connectivity index (χ3v) is 21.3. The highest BCUT2D eigenvalue weighted by Crippen LogP contribution is 2.42. The number of rotatable bonds is 7. The Morgan fingerprint density at radius 2 is 0.514 bits per heavy atom. The van der Waals surface area contributed by atoms with E-state index >= 15 is 0 Å². The molecule has 0 amide bonds. The maximum Gasteiger partial charge on any atom is 0.0542 e. The summed E-state index contributed by atoms with van der Waals surface area (Å²) in [6, 6.07) is 124. The van der Waals surface area contributed by atoms with E-state index in [1.165, 1.54) is 103 Å². The smallest absolute Gasteiger partial charge is 0.0542 e. The summed E-state index contributed by atoms with van der Waals surface area (Å²) in [7, 11) is 0. The number of fused-ring (bicyclic) bond motifs is 12. The highest BCUT2D eigenvalue weighted by Gasteiger charge is 2.20. The third kappa shape index (κ3) is 18.0. The van der Waals surface area contributed by atoms with Crippen molar-refractivity contribution in [2.75, 3.05) is 16.4 Å². The maximum absolute atomic E-state index is 5.36. The number of hydrogen-bond acceptors (Lipinski definition) is 3. The number of nitrogens with zero attached hydrogens (tertiary/aromatic N) is 3. The van der Waals surface area contributed by atoms with Crippen LogP contribution < -0.4 is 16.4 Å². The molecule has 19 rings (SSSR count). The van der Waals surface area contributed by atoms with Crippen LogP contribution in [-0.2, 0) is 6.42 Å². The van der Waals surface area contributed by atoms with Crippen molar-refractivity contribution >= 4 is 236 Å². The van der Waals surface area contributed by atoms with E-state index in [2.05, 4.69) is 403 Å². The van der Waals surface area contributed by atoms with Gasteiger partial charge in [0.1, 0.15) is 0 Å². The number of halogens is 8. The monoisotopic (exact) mass is 1970 g/mol. The number of hydrogen-bond donors (Lipinski definition) is 3. The predicted octanol–water partition coefficient (Wildman–Crippen LogP) is 30.1. The summed E-state index contributed by atoms with van der Waals surface area (Å²) in [5.74, 6) is 0. The molecule has 3 aromatic heterocycles. The molecule has 18 aromatic rings. The van der Waals surface area contributed by atoms with Gasteiger partial charge < -0.3 is 30.1 Å². The molecule has 3 heterocycles. The van der Waals surface area contributed by atoms with Gasteiger partial charge in [-0.1, -0.05) is 235 Å². The lowest BCUT2D eigenvalue weighted by Gasteiger charge is -2.09. The Balaban J connectivity index is 0.000000127. The Morgan fingerprint density at radius 3 is 0.790 bits per heavy atom. The second kappa shape index (κ2) is 35.2. The van der Waals surface area contributed by atoms with Crippen molar-refractivity contribution in [1.29, 1.82) is 0 Å². The van der Waals surface area contributed by atoms with Gasteiger partial charge in [0.25, 0.3) is 0 Å². The van der Waals surface area contributed by atoms with E-state index < -0.39 is 0 Å². The average Bonchev–Trinajstić information content (AvgIpc) is 1.60. The number of benzene rings is 15. The molecule has 0 atom stereocenters. The molecule has 0 saturated heterocycles. The molecule has 0 fully saturated rings. The van der Waals surface area contributed by atoms with Crippen LogP contribution in [0.15, 0.2) is 385 Å². The van der Waals surface area contributed by atoms with E-state index in [9.17, 15) is 0 Å². The zero-order chi connectivity index (χ0) is 71.5. The summed E-state index contributed by atoms with van der Waals surface area (Å²) in [5, 5.41) is 14.5. The molecule has 0 radical (unpaired) electrons. The SMILES string of the molecule is Brc1ccc2c(c1)-c1cc(Br)ccc1C2.Brc1ccc2c(c1)c1cc(Br)ccc1n2-c1ccccc1.Brc1ccc2c(c1)c1cc(Br)ccc1n2-c1ccccc1.I.Ic1ccccc1.Nc1ccccc1.[HH].c1ccc(Nc2ccc3c(c2)c2cc(Nc4ccccc4)ccc2n3-c2ccccc2)cc1. The number of nitrogens with two attached hydrogens (primary N) is 1. The van der Waals surface area contributed by atoms with Crippen LogP contribution in [0.1, 0.15) is 12.6 Å². The molecule has 0 saturated carbocycles.